The Hall–Kier alpha value is -2.05. The second kappa shape index (κ2) is 11.1. The molecule has 1 aromatic heterocycles. The molecule has 2 aromatic rings. The van der Waals surface area contributed by atoms with Crippen LogP contribution in [0.2, 0.25) is 0 Å². The quantitative estimate of drug-likeness (QED) is 0.650. The van der Waals surface area contributed by atoms with Gasteiger partial charge in [0, 0.05) is 52.1 Å². The van der Waals surface area contributed by atoms with Crippen molar-refractivity contribution in [1.82, 2.24) is 20.1 Å². The molecule has 1 aliphatic rings. The molecule has 1 aliphatic heterocycles. The number of hydrogen-bond acceptors (Lipinski definition) is 7. The Bertz CT molecular complexity index is 764. The van der Waals surface area contributed by atoms with Crippen LogP contribution in [0.5, 0.6) is 0 Å². The molecule has 0 unspecified atom stereocenters. The van der Waals surface area contributed by atoms with Crippen LogP contribution in [-0.2, 0) is 16.0 Å². The number of fused-ring (bicyclic) bond motifs is 1. The van der Waals surface area contributed by atoms with Crippen molar-refractivity contribution in [1.29, 1.82) is 5.26 Å². The van der Waals surface area contributed by atoms with Gasteiger partial charge in [0.1, 0.15) is 0 Å². The zero-order chi connectivity index (χ0) is 19.6. The summed E-state index contributed by atoms with van der Waals surface area (Å²) in [5.74, 6) is 0.000952. The number of carbonyl (C=O) groups is 1. The average Bonchev–Trinajstić information content (AvgIpc) is 3.13. The highest BCUT2D eigenvalue weighted by Gasteiger charge is 2.15. The number of morpholine rings is 1. The lowest BCUT2D eigenvalue weighted by molar-refractivity contribution is -0.122. The first-order valence-corrected chi connectivity index (χ1v) is 10.6. The molecular formula is C20H27N5O2S. The van der Waals surface area contributed by atoms with Crippen LogP contribution < -0.4 is 5.32 Å². The molecule has 0 atom stereocenters. The topological polar surface area (TPSA) is 81.5 Å². The molecule has 0 saturated carbocycles. The molecule has 150 valence electrons. The monoisotopic (exact) mass is 401 g/mol. The Kier molecular flexibility index (Phi) is 8.18. The molecular weight excluding hydrogens is 374 g/mol. The van der Waals surface area contributed by atoms with Crippen LogP contribution in [0, 0.1) is 11.3 Å². The van der Waals surface area contributed by atoms with E-state index in [9.17, 15) is 4.79 Å². The lowest BCUT2D eigenvalue weighted by atomic mass is 10.3. The fourth-order valence-corrected chi connectivity index (χ4v) is 4.15. The largest absolute Gasteiger partial charge is 0.379 e. The number of rotatable bonds is 10. The Morgan fingerprint density at radius 1 is 1.32 bits per heavy atom. The number of amides is 1. The zero-order valence-corrected chi connectivity index (χ0v) is 16.9. The zero-order valence-electron chi connectivity index (χ0n) is 16.1. The molecule has 1 saturated heterocycles. The summed E-state index contributed by atoms with van der Waals surface area (Å²) in [4.78, 5) is 21.3. The minimum Gasteiger partial charge on any atom is -0.379 e. The first-order chi connectivity index (χ1) is 13.7. The summed E-state index contributed by atoms with van der Waals surface area (Å²) in [7, 11) is 0. The van der Waals surface area contributed by atoms with E-state index in [1.165, 1.54) is 4.70 Å². The van der Waals surface area contributed by atoms with E-state index in [2.05, 4.69) is 32.2 Å². The summed E-state index contributed by atoms with van der Waals surface area (Å²) in [5, 5.41) is 12.9. The Balaban J connectivity index is 1.41. The SMILES string of the molecule is N#CCCN(CCN1CCOCC1)CC(=O)NCCc1nc2ccccc2s1. The molecule has 2 heterocycles. The number of aromatic nitrogens is 1. The van der Waals surface area contributed by atoms with Crippen molar-refractivity contribution in [3.63, 3.8) is 0 Å². The molecule has 8 heteroatoms. The van der Waals surface area contributed by atoms with E-state index in [0.29, 0.717) is 26.1 Å². The molecule has 28 heavy (non-hydrogen) atoms. The van der Waals surface area contributed by atoms with E-state index < -0.39 is 0 Å². The maximum atomic E-state index is 12.3. The van der Waals surface area contributed by atoms with Gasteiger partial charge in [0.15, 0.2) is 0 Å². The molecule has 0 aliphatic carbocycles. The molecule has 1 amide bonds. The fraction of sp³-hybridized carbons (Fsp3) is 0.550. The van der Waals surface area contributed by atoms with Crippen LogP contribution in [0.25, 0.3) is 10.2 Å². The predicted octanol–water partition coefficient (Wildman–Crippen LogP) is 1.50. The number of nitrogens with one attached hydrogen (secondary N) is 1. The van der Waals surface area contributed by atoms with E-state index in [4.69, 9.17) is 10.00 Å². The molecule has 1 aromatic carbocycles. The smallest absolute Gasteiger partial charge is 0.234 e. The van der Waals surface area contributed by atoms with Gasteiger partial charge in [-0.15, -0.1) is 11.3 Å². The van der Waals surface area contributed by atoms with Crippen LogP contribution in [-0.4, -0.2) is 79.7 Å². The maximum absolute atomic E-state index is 12.3. The van der Waals surface area contributed by atoms with Crippen molar-refractivity contribution in [3.05, 3.63) is 29.3 Å². The van der Waals surface area contributed by atoms with Crippen LogP contribution in [0.15, 0.2) is 24.3 Å². The van der Waals surface area contributed by atoms with Gasteiger partial charge in [-0.1, -0.05) is 12.1 Å². The second-order valence-corrected chi connectivity index (χ2v) is 7.93. The summed E-state index contributed by atoms with van der Waals surface area (Å²) < 4.78 is 6.54. The summed E-state index contributed by atoms with van der Waals surface area (Å²) in [6.45, 7) is 6.60. The average molecular weight is 402 g/mol. The summed E-state index contributed by atoms with van der Waals surface area (Å²) >= 11 is 1.67. The highest BCUT2D eigenvalue weighted by atomic mass is 32.1. The number of carbonyl (C=O) groups excluding carboxylic acids is 1. The van der Waals surface area contributed by atoms with Crippen molar-refractivity contribution in [2.24, 2.45) is 0 Å². The first-order valence-electron chi connectivity index (χ1n) is 9.75. The van der Waals surface area contributed by atoms with E-state index in [1.54, 1.807) is 11.3 Å². The summed E-state index contributed by atoms with van der Waals surface area (Å²) in [6, 6.07) is 10.2. The van der Waals surface area contributed by atoms with E-state index in [0.717, 1.165) is 56.3 Å². The molecule has 7 nitrogen and oxygen atoms in total. The van der Waals surface area contributed by atoms with E-state index in [-0.39, 0.29) is 5.91 Å². The summed E-state index contributed by atoms with van der Waals surface area (Å²) in [5.41, 5.74) is 1.01. The molecule has 1 fully saturated rings. The molecule has 1 N–H and O–H groups in total. The van der Waals surface area contributed by atoms with Crippen molar-refractivity contribution in [3.8, 4) is 6.07 Å². The Morgan fingerprint density at radius 2 is 2.14 bits per heavy atom. The van der Waals surface area contributed by atoms with Gasteiger partial charge >= 0.3 is 0 Å². The fourth-order valence-electron chi connectivity index (χ4n) is 3.18. The maximum Gasteiger partial charge on any atom is 0.234 e. The van der Waals surface area contributed by atoms with Gasteiger partial charge < -0.3 is 10.1 Å². The number of benzene rings is 1. The third kappa shape index (κ3) is 6.53. The third-order valence-corrected chi connectivity index (χ3v) is 5.84. The van der Waals surface area contributed by atoms with Gasteiger partial charge in [-0.3, -0.25) is 14.6 Å². The van der Waals surface area contributed by atoms with Crippen LogP contribution >= 0.6 is 11.3 Å². The minimum atomic E-state index is 0.000952. The molecule has 3 rings (SSSR count). The molecule has 0 radical (unpaired) electrons. The number of para-hydroxylation sites is 1. The normalized spacial score (nSPS) is 15.0. The van der Waals surface area contributed by atoms with Gasteiger partial charge in [-0.2, -0.15) is 5.26 Å². The Morgan fingerprint density at radius 3 is 2.93 bits per heavy atom. The number of nitriles is 1. The highest BCUT2D eigenvalue weighted by molar-refractivity contribution is 7.18. The first kappa shape index (κ1) is 20.7. The van der Waals surface area contributed by atoms with Gasteiger partial charge in [0.25, 0.3) is 0 Å². The third-order valence-electron chi connectivity index (χ3n) is 4.74. The van der Waals surface area contributed by atoms with Crippen LogP contribution in [0.4, 0.5) is 0 Å². The number of nitrogens with zero attached hydrogens (tertiary/aromatic N) is 4. The second-order valence-electron chi connectivity index (χ2n) is 6.81. The van der Waals surface area contributed by atoms with Crippen molar-refractivity contribution < 1.29 is 9.53 Å². The molecule has 0 bridgehead atoms. The number of hydrogen-bond donors (Lipinski definition) is 1. The lowest BCUT2D eigenvalue weighted by Crippen LogP contribution is -2.44. The van der Waals surface area contributed by atoms with Gasteiger partial charge in [-0.25, -0.2) is 4.98 Å². The van der Waals surface area contributed by atoms with Crippen molar-refractivity contribution >= 4 is 27.5 Å². The summed E-state index contributed by atoms with van der Waals surface area (Å²) in [6.07, 6.45) is 1.17. The van der Waals surface area contributed by atoms with E-state index >= 15 is 0 Å². The van der Waals surface area contributed by atoms with Gasteiger partial charge in [-0.05, 0) is 12.1 Å². The molecule has 0 spiro atoms. The van der Waals surface area contributed by atoms with Crippen molar-refractivity contribution in [2.75, 3.05) is 59.0 Å². The highest BCUT2D eigenvalue weighted by Crippen LogP contribution is 2.21. The Labute approximate surface area is 169 Å². The minimum absolute atomic E-state index is 0.000952. The number of thiazole rings is 1. The van der Waals surface area contributed by atoms with Gasteiger partial charge in [0.2, 0.25) is 5.91 Å². The van der Waals surface area contributed by atoms with Crippen LogP contribution in [0.1, 0.15) is 11.4 Å². The van der Waals surface area contributed by atoms with Crippen LogP contribution in [0.3, 0.4) is 0 Å². The van der Waals surface area contributed by atoms with Crippen molar-refractivity contribution in [2.45, 2.75) is 12.8 Å². The van der Waals surface area contributed by atoms with Gasteiger partial charge in [0.05, 0.1) is 41.1 Å². The lowest BCUT2D eigenvalue weighted by Gasteiger charge is -2.29. The van der Waals surface area contributed by atoms with E-state index in [1.807, 2.05) is 18.2 Å². The standard InChI is InChI=1S/C20H27N5O2S/c21-7-3-9-25(11-10-24-12-14-27-15-13-24)16-19(26)22-8-6-20-23-17-4-1-2-5-18(17)28-20/h1-2,4-5H,3,6,8-16H2,(H,22,26). The number of ether oxygens (including phenoxy) is 1. The predicted molar refractivity (Wildman–Crippen MR) is 110 cm³/mol.